The van der Waals surface area contributed by atoms with Crippen molar-refractivity contribution < 1.29 is 4.79 Å². The van der Waals surface area contributed by atoms with E-state index in [2.05, 4.69) is 39.8 Å². The maximum absolute atomic E-state index is 11.4. The number of likely N-dealkylation sites (N-methyl/N-ethyl adjacent to an activating group) is 1. The van der Waals surface area contributed by atoms with E-state index in [9.17, 15) is 4.79 Å². The Bertz CT molecular complexity index is 386. The molecule has 0 spiro atoms. The zero-order valence-electron chi connectivity index (χ0n) is 11.6. The third kappa shape index (κ3) is 4.24. The van der Waals surface area contributed by atoms with Crippen molar-refractivity contribution in [3.05, 3.63) is 30.3 Å². The Labute approximate surface area is 115 Å². The fourth-order valence-corrected chi connectivity index (χ4v) is 2.48. The number of carbonyl (C=O) groups excluding carboxylic acids is 1. The van der Waals surface area contributed by atoms with Crippen molar-refractivity contribution in [1.82, 2.24) is 10.6 Å². The number of benzene rings is 1. The standard InChI is InChI=1S/C15H23N3O/c1-2-16-15(19)12-17-13-8-10-18(11-9-13)14-6-4-3-5-7-14/h3-7,13,17H,2,8-12H2,1H3,(H,16,19). The van der Waals surface area contributed by atoms with Gasteiger partial charge in [-0.2, -0.15) is 0 Å². The molecule has 1 aliphatic heterocycles. The average Bonchev–Trinajstić information content (AvgIpc) is 2.47. The molecule has 1 fully saturated rings. The molecule has 0 aliphatic carbocycles. The van der Waals surface area contributed by atoms with Gasteiger partial charge in [-0.1, -0.05) is 18.2 Å². The van der Waals surface area contributed by atoms with Crippen molar-refractivity contribution >= 4 is 11.6 Å². The number of para-hydroxylation sites is 1. The molecule has 4 nitrogen and oxygen atoms in total. The minimum absolute atomic E-state index is 0.0907. The number of nitrogens with one attached hydrogen (secondary N) is 2. The van der Waals surface area contributed by atoms with Crippen LogP contribution < -0.4 is 15.5 Å². The molecule has 4 heteroatoms. The summed E-state index contributed by atoms with van der Waals surface area (Å²) in [6, 6.07) is 11.0. The van der Waals surface area contributed by atoms with Gasteiger partial charge in [0, 0.05) is 31.4 Å². The number of piperidine rings is 1. The number of hydrogen-bond donors (Lipinski definition) is 2. The summed E-state index contributed by atoms with van der Waals surface area (Å²) < 4.78 is 0. The maximum Gasteiger partial charge on any atom is 0.233 e. The van der Waals surface area contributed by atoms with Crippen molar-refractivity contribution in [1.29, 1.82) is 0 Å². The van der Waals surface area contributed by atoms with Crippen molar-refractivity contribution in [2.24, 2.45) is 0 Å². The smallest absolute Gasteiger partial charge is 0.233 e. The van der Waals surface area contributed by atoms with Gasteiger partial charge in [-0.25, -0.2) is 0 Å². The molecule has 104 valence electrons. The fourth-order valence-electron chi connectivity index (χ4n) is 2.48. The third-order valence-corrected chi connectivity index (χ3v) is 3.54. The van der Waals surface area contributed by atoms with Crippen LogP contribution in [0.2, 0.25) is 0 Å². The second kappa shape index (κ2) is 7.14. The van der Waals surface area contributed by atoms with Crippen LogP contribution in [0.15, 0.2) is 30.3 Å². The molecule has 1 aliphatic rings. The molecule has 1 amide bonds. The molecule has 19 heavy (non-hydrogen) atoms. The van der Waals surface area contributed by atoms with E-state index in [0.717, 1.165) is 25.9 Å². The van der Waals surface area contributed by atoms with E-state index in [-0.39, 0.29) is 5.91 Å². The van der Waals surface area contributed by atoms with Crippen LogP contribution in [0.1, 0.15) is 19.8 Å². The van der Waals surface area contributed by atoms with Crippen LogP contribution in [0.3, 0.4) is 0 Å². The first-order chi connectivity index (χ1) is 9.29. The molecule has 0 saturated carbocycles. The third-order valence-electron chi connectivity index (χ3n) is 3.54. The van der Waals surface area contributed by atoms with E-state index < -0.39 is 0 Å². The summed E-state index contributed by atoms with van der Waals surface area (Å²) in [5.74, 6) is 0.0907. The highest BCUT2D eigenvalue weighted by Gasteiger charge is 2.19. The van der Waals surface area contributed by atoms with Crippen LogP contribution in [0, 0.1) is 0 Å². The number of rotatable bonds is 5. The van der Waals surface area contributed by atoms with Crippen LogP contribution in [-0.4, -0.2) is 38.1 Å². The fraction of sp³-hybridized carbons (Fsp3) is 0.533. The number of carbonyl (C=O) groups is 1. The number of amides is 1. The van der Waals surface area contributed by atoms with Crippen LogP contribution in [0.4, 0.5) is 5.69 Å². The summed E-state index contributed by atoms with van der Waals surface area (Å²) in [6.07, 6.45) is 2.18. The van der Waals surface area contributed by atoms with Gasteiger partial charge in [0.05, 0.1) is 6.54 Å². The monoisotopic (exact) mass is 261 g/mol. The zero-order valence-corrected chi connectivity index (χ0v) is 11.6. The minimum atomic E-state index is 0.0907. The van der Waals surface area contributed by atoms with Crippen LogP contribution in [-0.2, 0) is 4.79 Å². The Morgan fingerprint density at radius 1 is 1.26 bits per heavy atom. The average molecular weight is 261 g/mol. The zero-order chi connectivity index (χ0) is 13.5. The van der Waals surface area contributed by atoms with E-state index in [1.165, 1.54) is 5.69 Å². The molecule has 1 heterocycles. The Morgan fingerprint density at radius 2 is 1.95 bits per heavy atom. The van der Waals surface area contributed by atoms with Gasteiger partial charge in [-0.3, -0.25) is 4.79 Å². The quantitative estimate of drug-likeness (QED) is 0.841. The summed E-state index contributed by atoms with van der Waals surface area (Å²) >= 11 is 0. The van der Waals surface area contributed by atoms with E-state index in [0.29, 0.717) is 19.1 Å². The Hall–Kier alpha value is -1.55. The number of hydrogen-bond acceptors (Lipinski definition) is 3. The topological polar surface area (TPSA) is 44.4 Å². The molecule has 0 bridgehead atoms. The molecule has 0 aromatic heterocycles. The van der Waals surface area contributed by atoms with E-state index in [1.807, 2.05) is 13.0 Å². The summed E-state index contributed by atoms with van der Waals surface area (Å²) in [4.78, 5) is 13.8. The van der Waals surface area contributed by atoms with E-state index >= 15 is 0 Å². The van der Waals surface area contributed by atoms with Gasteiger partial charge < -0.3 is 15.5 Å². The molecule has 0 atom stereocenters. The Morgan fingerprint density at radius 3 is 2.58 bits per heavy atom. The lowest BCUT2D eigenvalue weighted by Crippen LogP contribution is -2.45. The lowest BCUT2D eigenvalue weighted by atomic mass is 10.0. The maximum atomic E-state index is 11.4. The molecule has 1 aromatic carbocycles. The molecular weight excluding hydrogens is 238 g/mol. The highest BCUT2D eigenvalue weighted by atomic mass is 16.1. The van der Waals surface area contributed by atoms with Crippen molar-refractivity contribution in [2.45, 2.75) is 25.8 Å². The van der Waals surface area contributed by atoms with E-state index in [1.54, 1.807) is 0 Å². The first kappa shape index (κ1) is 13.9. The van der Waals surface area contributed by atoms with Crippen LogP contribution in [0.5, 0.6) is 0 Å². The SMILES string of the molecule is CCNC(=O)CNC1CCN(c2ccccc2)CC1. The molecule has 0 radical (unpaired) electrons. The van der Waals surface area contributed by atoms with Crippen molar-refractivity contribution in [3.8, 4) is 0 Å². The van der Waals surface area contributed by atoms with Gasteiger partial charge in [0.15, 0.2) is 0 Å². The van der Waals surface area contributed by atoms with Gasteiger partial charge in [0.2, 0.25) is 5.91 Å². The molecular formula is C15H23N3O. The van der Waals surface area contributed by atoms with Crippen LogP contribution in [0.25, 0.3) is 0 Å². The summed E-state index contributed by atoms with van der Waals surface area (Å²) in [5, 5.41) is 6.15. The van der Waals surface area contributed by atoms with Gasteiger partial charge in [-0.15, -0.1) is 0 Å². The largest absolute Gasteiger partial charge is 0.371 e. The summed E-state index contributed by atoms with van der Waals surface area (Å²) in [7, 11) is 0. The summed E-state index contributed by atoms with van der Waals surface area (Å²) in [6.45, 7) is 5.18. The first-order valence-electron chi connectivity index (χ1n) is 7.09. The van der Waals surface area contributed by atoms with Crippen molar-refractivity contribution in [2.75, 3.05) is 31.1 Å². The van der Waals surface area contributed by atoms with Gasteiger partial charge >= 0.3 is 0 Å². The van der Waals surface area contributed by atoms with Gasteiger partial charge in [0.25, 0.3) is 0 Å². The second-order valence-corrected chi connectivity index (χ2v) is 4.93. The first-order valence-corrected chi connectivity index (χ1v) is 7.09. The molecule has 2 rings (SSSR count). The minimum Gasteiger partial charge on any atom is -0.371 e. The summed E-state index contributed by atoms with van der Waals surface area (Å²) in [5.41, 5.74) is 1.30. The van der Waals surface area contributed by atoms with Crippen molar-refractivity contribution in [3.63, 3.8) is 0 Å². The predicted molar refractivity (Wildman–Crippen MR) is 78.4 cm³/mol. The van der Waals surface area contributed by atoms with E-state index in [4.69, 9.17) is 0 Å². The normalized spacial score (nSPS) is 16.4. The number of nitrogens with zero attached hydrogens (tertiary/aromatic N) is 1. The second-order valence-electron chi connectivity index (χ2n) is 4.93. The van der Waals surface area contributed by atoms with Gasteiger partial charge in [-0.05, 0) is 31.9 Å². The lowest BCUT2D eigenvalue weighted by Gasteiger charge is -2.34. The Kier molecular flexibility index (Phi) is 5.21. The highest BCUT2D eigenvalue weighted by molar-refractivity contribution is 5.77. The van der Waals surface area contributed by atoms with Gasteiger partial charge in [0.1, 0.15) is 0 Å². The molecule has 1 saturated heterocycles. The Balaban J connectivity index is 1.72. The lowest BCUT2D eigenvalue weighted by molar-refractivity contribution is -0.120. The predicted octanol–water partition coefficient (Wildman–Crippen LogP) is 1.38. The molecule has 1 aromatic rings. The highest BCUT2D eigenvalue weighted by Crippen LogP contribution is 2.19. The van der Waals surface area contributed by atoms with Crippen LogP contribution >= 0.6 is 0 Å². The molecule has 2 N–H and O–H groups in total. The number of anilines is 1. The molecule has 0 unspecified atom stereocenters.